The summed E-state index contributed by atoms with van der Waals surface area (Å²) in [6.45, 7) is 0. The van der Waals surface area contributed by atoms with E-state index >= 15 is 0 Å². The second-order valence-corrected chi connectivity index (χ2v) is 4.58. The van der Waals surface area contributed by atoms with E-state index in [1.165, 1.54) is 22.9 Å². The van der Waals surface area contributed by atoms with Crippen LogP contribution in [0.4, 0.5) is 5.00 Å². The summed E-state index contributed by atoms with van der Waals surface area (Å²) >= 11 is 7.89. The minimum atomic E-state index is 0.761. The lowest BCUT2D eigenvalue weighted by Gasteiger charge is -1.84. The Bertz CT molecular complexity index is 449. The number of anilines is 1. The fourth-order valence-corrected chi connectivity index (χ4v) is 2.81. The molecule has 0 saturated heterocycles. The molecule has 2 heterocycles. The van der Waals surface area contributed by atoms with Gasteiger partial charge in [-0.3, -0.25) is 0 Å². The molecule has 0 bridgehead atoms. The molecule has 0 unspecified atom stereocenters. The monoisotopic (exact) mass is 203 g/mol. The van der Waals surface area contributed by atoms with E-state index in [0.29, 0.717) is 0 Å². The first kappa shape index (κ1) is 7.20. The van der Waals surface area contributed by atoms with Crippen LogP contribution in [0.5, 0.6) is 0 Å². The van der Waals surface area contributed by atoms with Gasteiger partial charge < -0.3 is 10.3 Å². The summed E-state index contributed by atoms with van der Waals surface area (Å²) in [5.41, 5.74) is 6.57. The van der Waals surface area contributed by atoms with Gasteiger partial charge in [0.25, 0.3) is 0 Å². The third-order valence-electron chi connectivity index (χ3n) is 1.44. The number of hydrogen-bond donors (Lipinski definition) is 1. The van der Waals surface area contributed by atoms with E-state index in [9.17, 15) is 0 Å². The van der Waals surface area contributed by atoms with E-state index in [2.05, 4.69) is 4.37 Å². The first-order valence-electron chi connectivity index (χ1n) is 2.91. The van der Waals surface area contributed by atoms with Crippen LogP contribution < -0.4 is 5.73 Å². The molecule has 0 saturated carbocycles. The second kappa shape index (κ2) is 2.26. The van der Waals surface area contributed by atoms with Crippen molar-refractivity contribution in [1.29, 1.82) is 0 Å². The maximum atomic E-state index is 5.67. The van der Waals surface area contributed by atoms with Crippen LogP contribution >= 0.6 is 35.1 Å². The molecule has 3 nitrogen and oxygen atoms in total. The lowest BCUT2D eigenvalue weighted by molar-refractivity contribution is 0.951. The molecule has 58 valence electrons. The van der Waals surface area contributed by atoms with Crippen molar-refractivity contribution in [3.8, 4) is 0 Å². The molecule has 0 amide bonds. The van der Waals surface area contributed by atoms with Crippen molar-refractivity contribution in [1.82, 2.24) is 8.94 Å². The van der Waals surface area contributed by atoms with Crippen LogP contribution in [0, 0.1) is 3.95 Å². The van der Waals surface area contributed by atoms with E-state index < -0.39 is 0 Å². The number of thiazole rings is 1. The minimum absolute atomic E-state index is 0.761. The van der Waals surface area contributed by atoms with Crippen LogP contribution in [-0.4, -0.2) is 8.94 Å². The van der Waals surface area contributed by atoms with Crippen LogP contribution in [-0.2, 0) is 7.05 Å². The molecule has 0 aliphatic heterocycles. The molecule has 2 N–H and O–H groups in total. The molecule has 0 aliphatic carbocycles. The molecular weight excluding hydrogens is 198 g/mol. The summed E-state index contributed by atoms with van der Waals surface area (Å²) in [5, 5.41) is 0.761. The Balaban J connectivity index is 3.05. The Kier molecular flexibility index (Phi) is 1.48. The van der Waals surface area contributed by atoms with E-state index in [1.54, 1.807) is 0 Å². The van der Waals surface area contributed by atoms with E-state index in [-0.39, 0.29) is 0 Å². The standard InChI is InChI=1S/C5H5N3S3/c1-8-4-2(10-5(8)9)3(6)11-7-4/h6H2,1H3. The van der Waals surface area contributed by atoms with Crippen LogP contribution in [0.3, 0.4) is 0 Å². The smallest absolute Gasteiger partial charge is 0.167 e. The van der Waals surface area contributed by atoms with Gasteiger partial charge in [0.05, 0.1) is 0 Å². The molecular formula is C5H5N3S3. The first-order chi connectivity index (χ1) is 5.20. The molecule has 0 atom stereocenters. The number of nitrogens with zero attached hydrogens (tertiary/aromatic N) is 2. The summed E-state index contributed by atoms with van der Waals surface area (Å²) in [6, 6.07) is 0. The molecule has 11 heavy (non-hydrogen) atoms. The predicted octanol–water partition coefficient (Wildman–Crippen LogP) is 2.01. The summed E-state index contributed by atoms with van der Waals surface area (Å²) in [6.07, 6.45) is 0. The number of aromatic nitrogens is 2. The minimum Gasteiger partial charge on any atom is -0.388 e. The normalized spacial score (nSPS) is 11.0. The van der Waals surface area contributed by atoms with Gasteiger partial charge in [0.15, 0.2) is 9.60 Å². The van der Waals surface area contributed by atoms with Crippen LogP contribution in [0.2, 0.25) is 0 Å². The third-order valence-corrected chi connectivity index (χ3v) is 3.81. The molecule has 2 rings (SSSR count). The highest BCUT2D eigenvalue weighted by Crippen LogP contribution is 2.29. The first-order valence-corrected chi connectivity index (χ1v) is 4.90. The number of fused-ring (bicyclic) bond motifs is 1. The largest absolute Gasteiger partial charge is 0.388 e. The predicted molar refractivity (Wildman–Crippen MR) is 51.7 cm³/mol. The fraction of sp³-hybridized carbons (Fsp3) is 0.200. The number of hydrogen-bond acceptors (Lipinski definition) is 5. The lowest BCUT2D eigenvalue weighted by atomic mass is 10.6. The molecule has 0 fully saturated rings. The highest BCUT2D eigenvalue weighted by Gasteiger charge is 2.07. The summed E-state index contributed by atoms with van der Waals surface area (Å²) < 4.78 is 7.88. The average Bonchev–Trinajstić information content (AvgIpc) is 2.43. The highest BCUT2D eigenvalue weighted by molar-refractivity contribution is 7.73. The van der Waals surface area contributed by atoms with Crippen LogP contribution in [0.1, 0.15) is 0 Å². The molecule has 2 aromatic rings. The Morgan fingerprint density at radius 1 is 1.64 bits per heavy atom. The van der Waals surface area contributed by atoms with Crippen molar-refractivity contribution in [2.24, 2.45) is 7.05 Å². The van der Waals surface area contributed by atoms with Crippen LogP contribution in [0.15, 0.2) is 0 Å². The van der Waals surface area contributed by atoms with Crippen LogP contribution in [0.25, 0.3) is 10.3 Å². The summed E-state index contributed by atoms with van der Waals surface area (Å²) in [5.74, 6) is 0. The van der Waals surface area contributed by atoms with Gasteiger partial charge in [-0.2, -0.15) is 4.37 Å². The quantitative estimate of drug-likeness (QED) is 0.666. The van der Waals surface area contributed by atoms with E-state index in [0.717, 1.165) is 19.3 Å². The summed E-state index contributed by atoms with van der Waals surface area (Å²) in [7, 11) is 1.90. The van der Waals surface area contributed by atoms with Crippen molar-refractivity contribution in [3.63, 3.8) is 0 Å². The van der Waals surface area contributed by atoms with Crippen molar-refractivity contribution < 1.29 is 0 Å². The zero-order chi connectivity index (χ0) is 8.01. The van der Waals surface area contributed by atoms with Crippen molar-refractivity contribution in [2.75, 3.05) is 5.73 Å². The lowest BCUT2D eigenvalue weighted by Crippen LogP contribution is -1.84. The van der Waals surface area contributed by atoms with Gasteiger partial charge in [-0.25, -0.2) is 0 Å². The number of nitrogen functional groups attached to an aromatic ring is 1. The summed E-state index contributed by atoms with van der Waals surface area (Å²) in [4.78, 5) is 0. The maximum Gasteiger partial charge on any atom is 0.167 e. The SMILES string of the molecule is Cn1c(=S)sc2c(N)snc21. The topological polar surface area (TPSA) is 43.8 Å². The molecule has 6 heteroatoms. The van der Waals surface area contributed by atoms with Gasteiger partial charge >= 0.3 is 0 Å². The molecule has 0 spiro atoms. The van der Waals surface area contributed by atoms with Gasteiger partial charge in [-0.05, 0) is 23.8 Å². The Morgan fingerprint density at radius 2 is 2.36 bits per heavy atom. The average molecular weight is 203 g/mol. The zero-order valence-electron chi connectivity index (χ0n) is 5.70. The van der Waals surface area contributed by atoms with E-state index in [1.807, 2.05) is 11.6 Å². The number of nitrogens with two attached hydrogens (primary N) is 1. The van der Waals surface area contributed by atoms with Crippen molar-refractivity contribution >= 4 is 50.4 Å². The molecule has 2 aromatic heterocycles. The maximum absolute atomic E-state index is 5.67. The zero-order valence-corrected chi connectivity index (χ0v) is 8.15. The van der Waals surface area contributed by atoms with Gasteiger partial charge in [-0.1, -0.05) is 11.3 Å². The second-order valence-electron chi connectivity index (χ2n) is 2.13. The highest BCUT2D eigenvalue weighted by atomic mass is 32.1. The van der Waals surface area contributed by atoms with Crippen molar-refractivity contribution in [3.05, 3.63) is 3.95 Å². The fourth-order valence-electron chi connectivity index (χ4n) is 0.837. The Morgan fingerprint density at radius 3 is 3.00 bits per heavy atom. The molecule has 0 aliphatic rings. The number of aryl methyl sites for hydroxylation is 1. The Labute approximate surface area is 76.2 Å². The van der Waals surface area contributed by atoms with Gasteiger partial charge in [0, 0.05) is 7.05 Å². The Hall–Kier alpha value is -0.460. The number of rotatable bonds is 0. The van der Waals surface area contributed by atoms with Gasteiger partial charge in [-0.15, -0.1) is 0 Å². The third kappa shape index (κ3) is 0.901. The van der Waals surface area contributed by atoms with Crippen molar-refractivity contribution in [2.45, 2.75) is 0 Å². The van der Waals surface area contributed by atoms with E-state index in [4.69, 9.17) is 18.0 Å². The molecule has 0 radical (unpaired) electrons. The van der Waals surface area contributed by atoms with Gasteiger partial charge in [0.2, 0.25) is 0 Å². The molecule has 0 aromatic carbocycles. The van der Waals surface area contributed by atoms with Gasteiger partial charge in [0.1, 0.15) is 9.70 Å².